The van der Waals surface area contributed by atoms with Crippen LogP contribution in [0.4, 0.5) is 11.4 Å². The van der Waals surface area contributed by atoms with Gasteiger partial charge in [0.05, 0.1) is 10.8 Å². The highest BCUT2D eigenvalue weighted by atomic mass is 16.6. The van der Waals surface area contributed by atoms with Crippen molar-refractivity contribution in [2.45, 2.75) is 12.8 Å². The summed E-state index contributed by atoms with van der Waals surface area (Å²) in [5.41, 5.74) is 3.13. The molecule has 7 heteroatoms. The summed E-state index contributed by atoms with van der Waals surface area (Å²) in [6.07, 6.45) is 1.71. The summed E-state index contributed by atoms with van der Waals surface area (Å²) in [6, 6.07) is 6.37. The van der Waals surface area contributed by atoms with Crippen LogP contribution >= 0.6 is 0 Å². The van der Waals surface area contributed by atoms with Gasteiger partial charge in [-0.05, 0) is 25.0 Å². The maximum atomic E-state index is 11.5. The summed E-state index contributed by atoms with van der Waals surface area (Å²) in [7, 11) is 0. The Labute approximate surface area is 110 Å². The molecule has 0 aromatic heterocycles. The van der Waals surface area contributed by atoms with Gasteiger partial charge in [0.25, 0.3) is 5.69 Å². The van der Waals surface area contributed by atoms with E-state index in [0.29, 0.717) is 6.54 Å². The maximum Gasteiger partial charge on any atom is 0.269 e. The van der Waals surface area contributed by atoms with Gasteiger partial charge in [-0.2, -0.15) is 0 Å². The van der Waals surface area contributed by atoms with Crippen LogP contribution in [-0.4, -0.2) is 23.9 Å². The number of hydrogen-bond acceptors (Lipinski definition) is 5. The molecule has 1 heterocycles. The second-order valence-corrected chi connectivity index (χ2v) is 4.57. The number of carbonyl (C=O) groups is 1. The molecule has 3 N–H and O–H groups in total. The van der Waals surface area contributed by atoms with E-state index in [1.54, 1.807) is 12.1 Å². The number of piperidine rings is 1. The zero-order valence-electron chi connectivity index (χ0n) is 10.4. The third-order valence-corrected chi connectivity index (χ3v) is 3.36. The van der Waals surface area contributed by atoms with Crippen molar-refractivity contribution >= 4 is 17.3 Å². The number of nitrogens with zero attached hydrogens (tertiary/aromatic N) is 2. The van der Waals surface area contributed by atoms with E-state index in [0.717, 1.165) is 25.1 Å². The first kappa shape index (κ1) is 13.3. The number of amides is 1. The fraction of sp³-hybridized carbons (Fsp3) is 0.417. The number of benzene rings is 1. The van der Waals surface area contributed by atoms with Gasteiger partial charge in [-0.3, -0.25) is 20.3 Å². The number of nitro groups is 1. The van der Waals surface area contributed by atoms with E-state index < -0.39 is 4.92 Å². The molecule has 1 atom stereocenters. The van der Waals surface area contributed by atoms with Crippen LogP contribution in [-0.2, 0) is 4.79 Å². The Morgan fingerprint density at radius 1 is 1.42 bits per heavy atom. The number of anilines is 1. The minimum Gasteiger partial charge on any atom is -0.371 e. The largest absolute Gasteiger partial charge is 0.371 e. The van der Waals surface area contributed by atoms with Gasteiger partial charge in [-0.15, -0.1) is 0 Å². The number of carbonyl (C=O) groups excluding carboxylic acids is 1. The Morgan fingerprint density at radius 3 is 2.68 bits per heavy atom. The molecule has 102 valence electrons. The van der Waals surface area contributed by atoms with Crippen molar-refractivity contribution in [3.63, 3.8) is 0 Å². The van der Waals surface area contributed by atoms with Crippen LogP contribution < -0.4 is 16.2 Å². The molecule has 2 rings (SSSR count). The van der Waals surface area contributed by atoms with E-state index in [1.165, 1.54) is 12.1 Å². The molecule has 0 radical (unpaired) electrons. The van der Waals surface area contributed by atoms with E-state index >= 15 is 0 Å². The van der Waals surface area contributed by atoms with Crippen molar-refractivity contribution < 1.29 is 9.72 Å². The summed E-state index contributed by atoms with van der Waals surface area (Å²) in [5.74, 6) is 4.86. The van der Waals surface area contributed by atoms with E-state index in [2.05, 4.69) is 5.43 Å². The fourth-order valence-corrected chi connectivity index (χ4v) is 2.33. The molecule has 1 aromatic rings. The van der Waals surface area contributed by atoms with Gasteiger partial charge >= 0.3 is 0 Å². The van der Waals surface area contributed by atoms with Crippen molar-refractivity contribution in [1.29, 1.82) is 0 Å². The first-order valence-corrected chi connectivity index (χ1v) is 6.11. The Bertz CT molecular complexity index is 474. The fourth-order valence-electron chi connectivity index (χ4n) is 2.33. The van der Waals surface area contributed by atoms with E-state index in [1.807, 2.05) is 4.90 Å². The van der Waals surface area contributed by atoms with Gasteiger partial charge in [0.2, 0.25) is 5.91 Å². The van der Waals surface area contributed by atoms with E-state index in [4.69, 9.17) is 5.84 Å². The molecule has 0 saturated carbocycles. The van der Waals surface area contributed by atoms with Gasteiger partial charge in [-0.25, -0.2) is 5.84 Å². The minimum absolute atomic E-state index is 0.0667. The zero-order valence-corrected chi connectivity index (χ0v) is 10.4. The zero-order chi connectivity index (χ0) is 13.8. The third kappa shape index (κ3) is 3.00. The minimum atomic E-state index is -0.426. The maximum absolute atomic E-state index is 11.5. The van der Waals surface area contributed by atoms with Crippen molar-refractivity contribution in [3.05, 3.63) is 34.4 Å². The first-order chi connectivity index (χ1) is 9.11. The Balaban J connectivity index is 2.08. The Hall–Kier alpha value is -2.15. The molecule has 0 spiro atoms. The Kier molecular flexibility index (Phi) is 3.96. The molecule has 0 bridgehead atoms. The highest BCUT2D eigenvalue weighted by Crippen LogP contribution is 2.25. The van der Waals surface area contributed by atoms with Gasteiger partial charge in [-0.1, -0.05) is 0 Å². The summed E-state index contributed by atoms with van der Waals surface area (Å²) in [4.78, 5) is 23.8. The summed E-state index contributed by atoms with van der Waals surface area (Å²) < 4.78 is 0. The lowest BCUT2D eigenvalue weighted by Gasteiger charge is -2.33. The van der Waals surface area contributed by atoms with Gasteiger partial charge in [0, 0.05) is 30.9 Å². The average Bonchev–Trinajstić information content (AvgIpc) is 2.46. The molecule has 1 unspecified atom stereocenters. The SMILES string of the molecule is NNC(=O)C1CCCN(c2ccc([N+](=O)[O-])cc2)C1. The first-order valence-electron chi connectivity index (χ1n) is 6.11. The lowest BCUT2D eigenvalue weighted by Crippen LogP contribution is -2.45. The molecular weight excluding hydrogens is 248 g/mol. The van der Waals surface area contributed by atoms with Crippen molar-refractivity contribution in [1.82, 2.24) is 5.43 Å². The topological polar surface area (TPSA) is 102 Å². The molecule has 1 fully saturated rings. The average molecular weight is 264 g/mol. The normalized spacial score (nSPS) is 19.0. The van der Waals surface area contributed by atoms with Crippen LogP contribution in [0.25, 0.3) is 0 Å². The molecule has 1 aliphatic rings. The second-order valence-electron chi connectivity index (χ2n) is 4.57. The molecule has 1 saturated heterocycles. The smallest absolute Gasteiger partial charge is 0.269 e. The monoisotopic (exact) mass is 264 g/mol. The summed E-state index contributed by atoms with van der Waals surface area (Å²) >= 11 is 0. The van der Waals surface area contributed by atoms with Crippen LogP contribution in [0.2, 0.25) is 0 Å². The number of nitro benzene ring substituents is 1. The molecule has 19 heavy (non-hydrogen) atoms. The van der Waals surface area contributed by atoms with Gasteiger partial charge in [0.15, 0.2) is 0 Å². The van der Waals surface area contributed by atoms with Crippen LogP contribution in [0.3, 0.4) is 0 Å². The van der Waals surface area contributed by atoms with E-state index in [-0.39, 0.29) is 17.5 Å². The highest BCUT2D eigenvalue weighted by Gasteiger charge is 2.25. The van der Waals surface area contributed by atoms with Crippen LogP contribution in [0.5, 0.6) is 0 Å². The van der Waals surface area contributed by atoms with Crippen molar-refractivity contribution in [2.24, 2.45) is 11.8 Å². The summed E-state index contributed by atoms with van der Waals surface area (Å²) in [6.45, 7) is 1.42. The lowest BCUT2D eigenvalue weighted by molar-refractivity contribution is -0.384. The quantitative estimate of drug-likeness (QED) is 0.364. The van der Waals surface area contributed by atoms with Crippen LogP contribution in [0.1, 0.15) is 12.8 Å². The lowest BCUT2D eigenvalue weighted by atomic mass is 9.97. The molecule has 1 amide bonds. The predicted octanol–water partition coefficient (Wildman–Crippen LogP) is 0.801. The number of nitrogens with one attached hydrogen (secondary N) is 1. The van der Waals surface area contributed by atoms with Crippen molar-refractivity contribution in [2.75, 3.05) is 18.0 Å². The Morgan fingerprint density at radius 2 is 2.11 bits per heavy atom. The molecule has 0 aliphatic carbocycles. The number of rotatable bonds is 3. The number of hydrazine groups is 1. The van der Waals surface area contributed by atoms with Crippen LogP contribution in [0.15, 0.2) is 24.3 Å². The van der Waals surface area contributed by atoms with Crippen molar-refractivity contribution in [3.8, 4) is 0 Å². The molecule has 1 aliphatic heterocycles. The predicted molar refractivity (Wildman–Crippen MR) is 70.4 cm³/mol. The second kappa shape index (κ2) is 5.66. The number of non-ortho nitro benzene ring substituents is 1. The number of hydrogen-bond donors (Lipinski definition) is 2. The van der Waals surface area contributed by atoms with Gasteiger partial charge in [0.1, 0.15) is 0 Å². The summed E-state index contributed by atoms with van der Waals surface area (Å²) in [5, 5.41) is 10.6. The standard InChI is InChI=1S/C12H16N4O3/c13-14-12(17)9-2-1-7-15(8-9)10-3-5-11(6-4-10)16(18)19/h3-6,9H,1-2,7-8,13H2,(H,14,17). The number of nitrogens with two attached hydrogens (primary N) is 1. The van der Waals surface area contributed by atoms with Gasteiger partial charge < -0.3 is 4.90 Å². The highest BCUT2D eigenvalue weighted by molar-refractivity contribution is 5.79. The molecular formula is C12H16N4O3. The van der Waals surface area contributed by atoms with E-state index in [9.17, 15) is 14.9 Å². The molecule has 1 aromatic carbocycles. The molecule has 7 nitrogen and oxygen atoms in total. The van der Waals surface area contributed by atoms with Crippen LogP contribution in [0, 0.1) is 16.0 Å². The third-order valence-electron chi connectivity index (χ3n) is 3.36.